The Morgan fingerprint density at radius 1 is 0.973 bits per heavy atom. The number of alkyl carbamates (subject to hydrolysis) is 1. The van der Waals surface area contributed by atoms with Crippen molar-refractivity contribution in [3.63, 3.8) is 0 Å². The lowest BCUT2D eigenvalue weighted by molar-refractivity contribution is 0.0518. The van der Waals surface area contributed by atoms with Crippen molar-refractivity contribution in [2.24, 2.45) is 0 Å². The first-order valence-corrected chi connectivity index (χ1v) is 11.8. The molecule has 8 nitrogen and oxygen atoms in total. The lowest BCUT2D eigenvalue weighted by Gasteiger charge is -2.19. The van der Waals surface area contributed by atoms with E-state index in [0.717, 1.165) is 38.9 Å². The van der Waals surface area contributed by atoms with Gasteiger partial charge in [0, 0.05) is 22.7 Å². The van der Waals surface area contributed by atoms with E-state index in [9.17, 15) is 4.79 Å². The molecule has 0 saturated carbocycles. The second-order valence-electron chi connectivity index (χ2n) is 9.54. The highest BCUT2D eigenvalue weighted by atomic mass is 16.6. The van der Waals surface area contributed by atoms with Crippen LogP contribution in [0.25, 0.3) is 44.8 Å². The van der Waals surface area contributed by atoms with Gasteiger partial charge in [-0.05, 0) is 51.0 Å². The molecule has 0 spiro atoms. The highest BCUT2D eigenvalue weighted by Crippen LogP contribution is 2.35. The van der Waals surface area contributed by atoms with Crippen LogP contribution in [0.15, 0.2) is 77.4 Å². The predicted molar refractivity (Wildman–Crippen MR) is 141 cm³/mol. The van der Waals surface area contributed by atoms with Crippen molar-refractivity contribution in [3.05, 3.63) is 91.3 Å². The van der Waals surface area contributed by atoms with E-state index in [1.165, 1.54) is 0 Å². The zero-order chi connectivity index (χ0) is 26.0. The van der Waals surface area contributed by atoms with E-state index in [0.29, 0.717) is 11.5 Å². The number of carbonyl (C=O) groups excluding carboxylic acids is 1. The number of rotatable bonds is 5. The average Bonchev–Trinajstić information content (AvgIpc) is 3.35. The second kappa shape index (κ2) is 9.81. The molecule has 0 atom stereocenters. The molecular formula is C29H26N5O3. The Morgan fingerprint density at radius 2 is 1.73 bits per heavy atom. The molecule has 3 aromatic heterocycles. The predicted octanol–water partition coefficient (Wildman–Crippen LogP) is 6.22. The molecule has 3 heterocycles. The molecule has 2 aromatic carbocycles. The zero-order valence-corrected chi connectivity index (χ0v) is 20.9. The summed E-state index contributed by atoms with van der Waals surface area (Å²) in [4.78, 5) is 26.0. The van der Waals surface area contributed by atoms with E-state index >= 15 is 0 Å². The Morgan fingerprint density at radius 3 is 2.46 bits per heavy atom. The molecule has 37 heavy (non-hydrogen) atoms. The second-order valence-corrected chi connectivity index (χ2v) is 9.54. The molecule has 0 fully saturated rings. The fourth-order valence-electron chi connectivity index (χ4n) is 3.88. The van der Waals surface area contributed by atoms with E-state index in [4.69, 9.17) is 14.2 Å². The molecule has 8 heteroatoms. The summed E-state index contributed by atoms with van der Waals surface area (Å²) >= 11 is 0. The number of amides is 1. The van der Waals surface area contributed by atoms with Crippen molar-refractivity contribution >= 4 is 17.0 Å². The van der Waals surface area contributed by atoms with Crippen LogP contribution in [-0.4, -0.2) is 31.8 Å². The number of fused-ring (bicyclic) bond motifs is 1. The highest BCUT2D eigenvalue weighted by Gasteiger charge is 2.19. The normalized spacial score (nSPS) is 11.5. The van der Waals surface area contributed by atoms with Crippen LogP contribution in [0.1, 0.15) is 32.2 Å². The number of nitrogens with zero attached hydrogens (tertiary/aromatic N) is 4. The Labute approximate surface area is 214 Å². The summed E-state index contributed by atoms with van der Waals surface area (Å²) in [5.74, 6) is 0.544. The minimum atomic E-state index is -0.602. The zero-order valence-electron chi connectivity index (χ0n) is 20.9. The van der Waals surface area contributed by atoms with Crippen LogP contribution in [0, 0.1) is 6.92 Å². The Hall–Kier alpha value is -4.59. The van der Waals surface area contributed by atoms with Gasteiger partial charge >= 0.3 is 6.09 Å². The van der Waals surface area contributed by atoms with Crippen molar-refractivity contribution in [3.8, 4) is 33.9 Å². The fraction of sp³-hybridized carbons (Fsp3) is 0.172. The topological polar surface area (TPSA) is 103 Å². The molecule has 1 radical (unpaired) electrons. The molecule has 0 aliphatic rings. The molecular weight excluding hydrogens is 466 g/mol. The van der Waals surface area contributed by atoms with Crippen LogP contribution in [0.4, 0.5) is 4.79 Å². The lowest BCUT2D eigenvalue weighted by atomic mass is 9.96. The van der Waals surface area contributed by atoms with Crippen LogP contribution in [0.5, 0.6) is 0 Å². The number of benzene rings is 2. The van der Waals surface area contributed by atoms with Crippen LogP contribution in [0.3, 0.4) is 0 Å². The summed E-state index contributed by atoms with van der Waals surface area (Å²) in [6.07, 6.45) is 1.11. The van der Waals surface area contributed by atoms with Crippen molar-refractivity contribution in [2.45, 2.75) is 32.9 Å². The first-order valence-electron chi connectivity index (χ1n) is 11.8. The van der Waals surface area contributed by atoms with Crippen LogP contribution in [0.2, 0.25) is 0 Å². The first-order chi connectivity index (χ1) is 17.8. The number of nitrogens with one attached hydrogen (secondary N) is 1. The quantitative estimate of drug-likeness (QED) is 0.311. The summed E-state index contributed by atoms with van der Waals surface area (Å²) in [5.41, 5.74) is 5.43. The molecule has 185 valence electrons. The molecule has 0 unspecified atom stereocenters. The van der Waals surface area contributed by atoms with Gasteiger partial charge in [0.2, 0.25) is 11.7 Å². The number of pyridine rings is 2. The molecule has 1 N–H and O–H groups in total. The van der Waals surface area contributed by atoms with Crippen LogP contribution >= 0.6 is 0 Å². The van der Waals surface area contributed by atoms with Crippen molar-refractivity contribution in [1.82, 2.24) is 25.4 Å². The largest absolute Gasteiger partial charge is 0.444 e. The monoisotopic (exact) mass is 492 g/mol. The Bertz CT molecular complexity index is 1550. The van der Waals surface area contributed by atoms with E-state index in [2.05, 4.69) is 33.4 Å². The van der Waals surface area contributed by atoms with Crippen LogP contribution in [-0.2, 0) is 11.3 Å². The fourth-order valence-corrected chi connectivity index (χ4v) is 3.88. The van der Waals surface area contributed by atoms with Gasteiger partial charge in [-0.3, -0.25) is 4.98 Å². The summed E-state index contributed by atoms with van der Waals surface area (Å²) in [7, 11) is 0. The Kier molecular flexibility index (Phi) is 6.40. The first kappa shape index (κ1) is 24.1. The molecule has 0 aliphatic carbocycles. The van der Waals surface area contributed by atoms with Crippen molar-refractivity contribution in [2.75, 3.05) is 0 Å². The number of hydrogen-bond acceptors (Lipinski definition) is 7. The summed E-state index contributed by atoms with van der Waals surface area (Å²) in [6.45, 7) is 9.41. The maximum absolute atomic E-state index is 12.0. The van der Waals surface area contributed by atoms with Gasteiger partial charge in [0.15, 0.2) is 0 Å². The summed E-state index contributed by atoms with van der Waals surface area (Å²) < 4.78 is 10.6. The van der Waals surface area contributed by atoms with Crippen molar-refractivity contribution < 1.29 is 14.1 Å². The van der Waals surface area contributed by atoms with Gasteiger partial charge in [0.1, 0.15) is 17.8 Å². The van der Waals surface area contributed by atoms with Gasteiger partial charge in [-0.1, -0.05) is 59.8 Å². The molecule has 0 aliphatic heterocycles. The maximum Gasteiger partial charge on any atom is 0.408 e. The molecule has 0 bridgehead atoms. The molecule has 5 rings (SSSR count). The molecule has 1 amide bonds. The summed E-state index contributed by atoms with van der Waals surface area (Å²) in [6, 6.07) is 22.0. The van der Waals surface area contributed by atoms with E-state index in [-0.39, 0.29) is 12.4 Å². The van der Waals surface area contributed by atoms with E-state index in [1.54, 1.807) is 27.0 Å². The Balaban J connectivity index is 1.54. The van der Waals surface area contributed by atoms with E-state index < -0.39 is 11.7 Å². The number of ether oxygens (including phenoxy) is 1. The SMILES string of the molecule is [CH2]c1ccc(-c2nc3ccnc(-c4noc(CNC(=O)OC(C)(C)C)n4)c3cc2-c2ccccc2)cc1. The number of hydrogen-bond donors (Lipinski definition) is 1. The lowest BCUT2D eigenvalue weighted by Crippen LogP contribution is -2.32. The minimum Gasteiger partial charge on any atom is -0.444 e. The van der Waals surface area contributed by atoms with Gasteiger partial charge in [-0.2, -0.15) is 4.98 Å². The third kappa shape index (κ3) is 5.48. The standard InChI is InChI=1S/C29H26N5O3/c1-18-10-12-20(13-11-18)25-21(19-8-6-5-7-9-19)16-22-23(32-25)14-15-30-26(22)27-33-24(37-34-27)17-31-28(35)36-29(2,3)4/h5-16H,1,17H2,2-4H3,(H,31,35). The third-order valence-electron chi connectivity index (χ3n) is 5.52. The molecule has 5 aromatic rings. The van der Waals surface area contributed by atoms with Gasteiger partial charge < -0.3 is 14.6 Å². The average molecular weight is 493 g/mol. The number of aromatic nitrogens is 4. The van der Waals surface area contributed by atoms with Gasteiger partial charge in [-0.25, -0.2) is 9.78 Å². The van der Waals surface area contributed by atoms with Gasteiger partial charge in [0.25, 0.3) is 0 Å². The van der Waals surface area contributed by atoms with Gasteiger partial charge in [-0.15, -0.1) is 0 Å². The minimum absolute atomic E-state index is 0.0343. The summed E-state index contributed by atoms with van der Waals surface area (Å²) in [5, 5.41) is 7.51. The smallest absolute Gasteiger partial charge is 0.408 e. The maximum atomic E-state index is 12.0. The van der Waals surface area contributed by atoms with E-state index in [1.807, 2.05) is 60.7 Å². The van der Waals surface area contributed by atoms with Crippen molar-refractivity contribution in [1.29, 1.82) is 0 Å². The van der Waals surface area contributed by atoms with Crippen LogP contribution < -0.4 is 5.32 Å². The highest BCUT2D eigenvalue weighted by molar-refractivity contribution is 5.97. The third-order valence-corrected chi connectivity index (χ3v) is 5.52. The van der Waals surface area contributed by atoms with Gasteiger partial charge in [0.05, 0.1) is 11.2 Å². The number of carbonyl (C=O) groups is 1. The molecule has 0 saturated heterocycles.